The van der Waals surface area contributed by atoms with Crippen molar-refractivity contribution in [3.63, 3.8) is 0 Å². The Hall–Kier alpha value is -0.113. The third-order valence-electron chi connectivity index (χ3n) is 4.28. The van der Waals surface area contributed by atoms with E-state index >= 15 is 0 Å². The molecule has 0 saturated heterocycles. The van der Waals surface area contributed by atoms with Crippen molar-refractivity contribution in [2.45, 2.75) is 77.6 Å². The molecule has 0 amide bonds. The predicted molar refractivity (Wildman–Crippen MR) is 71.2 cm³/mol. The second-order valence-corrected chi connectivity index (χ2v) is 12.1. The normalized spacial score (nSPS) is 15.1. The molecule has 0 N–H and O–H groups in total. The Bertz CT molecular complexity index is 213. The van der Waals surface area contributed by atoms with Gasteiger partial charge in [0.15, 0.2) is 0 Å². The number of ketones is 1. The number of hydrogen-bond acceptors (Lipinski definition) is 1. The van der Waals surface area contributed by atoms with E-state index in [1.54, 1.807) is 0 Å². The highest BCUT2D eigenvalue weighted by atomic mass is 28.3. The van der Waals surface area contributed by atoms with Gasteiger partial charge in [0.25, 0.3) is 0 Å². The predicted octanol–water partition coefficient (Wildman–Crippen LogP) is 4.64. The van der Waals surface area contributed by atoms with E-state index in [-0.39, 0.29) is 0 Å². The second-order valence-electron chi connectivity index (χ2n) is 6.26. The molecule has 0 radical (unpaired) electrons. The van der Waals surface area contributed by atoms with E-state index in [1.807, 2.05) is 0 Å². The Morgan fingerprint density at radius 1 is 1.27 bits per heavy atom. The molecule has 0 aromatic heterocycles. The summed E-state index contributed by atoms with van der Waals surface area (Å²) in [6, 6.07) is 0. The van der Waals surface area contributed by atoms with E-state index in [1.165, 1.54) is 0 Å². The Morgan fingerprint density at radius 3 is 2.07 bits per heavy atom. The van der Waals surface area contributed by atoms with Crippen LogP contribution in [0.5, 0.6) is 0 Å². The summed E-state index contributed by atoms with van der Waals surface area (Å²) in [5.41, 5.74) is 0.295. The van der Waals surface area contributed by atoms with Crippen LogP contribution in [-0.2, 0) is 4.79 Å². The summed E-state index contributed by atoms with van der Waals surface area (Å²) < 4.78 is 0. The molecular weight excluding hydrogens is 200 g/mol. The van der Waals surface area contributed by atoms with Gasteiger partial charge in [-0.05, 0) is 11.5 Å². The summed E-state index contributed by atoms with van der Waals surface area (Å²) in [5.74, 6) is 0.489. The fourth-order valence-electron chi connectivity index (χ4n) is 1.62. The van der Waals surface area contributed by atoms with E-state index < -0.39 is 8.07 Å². The van der Waals surface area contributed by atoms with Gasteiger partial charge in [0.05, 0.1) is 8.07 Å². The highest BCUT2D eigenvalue weighted by molar-refractivity contribution is 6.84. The van der Waals surface area contributed by atoms with Gasteiger partial charge in [-0.1, -0.05) is 54.1 Å². The molecule has 0 aromatic carbocycles. The zero-order valence-electron chi connectivity index (χ0n) is 11.6. The Morgan fingerprint density at radius 2 is 1.73 bits per heavy atom. The maximum absolute atomic E-state index is 12.0. The maximum atomic E-state index is 12.0. The van der Waals surface area contributed by atoms with Crippen molar-refractivity contribution in [1.29, 1.82) is 0 Å². The summed E-state index contributed by atoms with van der Waals surface area (Å²) in [6.45, 7) is 15.8. The van der Waals surface area contributed by atoms with Gasteiger partial charge in [-0.15, -0.1) is 0 Å². The molecular formula is C13H28OSi. The van der Waals surface area contributed by atoms with Gasteiger partial charge in [-0.25, -0.2) is 0 Å². The molecule has 1 atom stereocenters. The Labute approximate surface area is 96.7 Å². The van der Waals surface area contributed by atoms with Crippen LogP contribution >= 0.6 is 0 Å². The number of unbranched alkanes of at least 4 members (excludes halogenated alkanes) is 1. The smallest absolute Gasteiger partial charge is 0.133 e. The molecule has 0 aliphatic rings. The zero-order chi connectivity index (χ0) is 12.3. The van der Waals surface area contributed by atoms with Crippen LogP contribution in [0.3, 0.4) is 0 Å². The fourth-order valence-corrected chi connectivity index (χ4v) is 3.87. The first-order chi connectivity index (χ1) is 6.64. The topological polar surface area (TPSA) is 17.1 Å². The molecule has 2 heteroatoms. The van der Waals surface area contributed by atoms with Crippen molar-refractivity contribution in [1.82, 2.24) is 0 Å². The molecule has 1 unspecified atom stereocenters. The third kappa shape index (κ3) is 3.75. The number of Topliss-reactive ketones (excluding diaryl/α,β-unsaturated/α-hetero) is 1. The Balaban J connectivity index is 4.55. The third-order valence-corrected chi connectivity index (χ3v) is 10.6. The zero-order valence-corrected chi connectivity index (χ0v) is 12.6. The van der Waals surface area contributed by atoms with Gasteiger partial charge in [0.1, 0.15) is 5.78 Å². The van der Waals surface area contributed by atoms with Crippen molar-refractivity contribution < 1.29 is 4.79 Å². The molecule has 0 spiro atoms. The summed E-state index contributed by atoms with van der Waals surface area (Å²) >= 11 is 0. The molecule has 0 aromatic rings. The van der Waals surface area contributed by atoms with Gasteiger partial charge in [-0.2, -0.15) is 0 Å². The van der Waals surface area contributed by atoms with Crippen LogP contribution in [0.15, 0.2) is 0 Å². The molecule has 1 nitrogen and oxygen atoms in total. The first-order valence-electron chi connectivity index (χ1n) is 6.17. The Kier molecular flexibility index (Phi) is 5.25. The quantitative estimate of drug-likeness (QED) is 0.626. The van der Waals surface area contributed by atoms with E-state index in [0.717, 1.165) is 19.3 Å². The molecule has 90 valence electrons. The summed E-state index contributed by atoms with van der Waals surface area (Å²) in [6.07, 6.45) is 2.96. The first kappa shape index (κ1) is 14.9. The van der Waals surface area contributed by atoms with Crippen LogP contribution < -0.4 is 0 Å². The van der Waals surface area contributed by atoms with Crippen LogP contribution in [-0.4, -0.2) is 13.9 Å². The number of hydrogen-bond donors (Lipinski definition) is 0. The number of carbonyl (C=O) groups excluding carboxylic acids is 1. The number of rotatable bonds is 5. The molecule has 15 heavy (non-hydrogen) atoms. The SMILES string of the molecule is CCCCC(=O)C(C)[Si](C)(C)C(C)(C)C. The molecule has 0 rings (SSSR count). The molecule has 0 saturated carbocycles. The van der Waals surface area contributed by atoms with E-state index in [2.05, 4.69) is 47.7 Å². The van der Waals surface area contributed by atoms with Crippen LogP contribution in [0.25, 0.3) is 0 Å². The summed E-state index contributed by atoms with van der Waals surface area (Å²) in [7, 11) is -1.47. The minimum absolute atomic E-state index is 0.295. The minimum Gasteiger partial charge on any atom is -0.300 e. The second kappa shape index (κ2) is 5.29. The van der Waals surface area contributed by atoms with Crippen molar-refractivity contribution in [3.05, 3.63) is 0 Å². The van der Waals surface area contributed by atoms with Gasteiger partial charge in [0.2, 0.25) is 0 Å². The lowest BCUT2D eigenvalue weighted by Gasteiger charge is -2.41. The molecule has 0 aliphatic carbocycles. The largest absolute Gasteiger partial charge is 0.300 e. The first-order valence-corrected chi connectivity index (χ1v) is 9.25. The van der Waals surface area contributed by atoms with Crippen LogP contribution in [0.1, 0.15) is 53.9 Å². The minimum atomic E-state index is -1.47. The van der Waals surface area contributed by atoms with Crippen molar-refractivity contribution in [2.75, 3.05) is 0 Å². The van der Waals surface area contributed by atoms with Crippen LogP contribution in [0, 0.1) is 0 Å². The van der Waals surface area contributed by atoms with Crippen molar-refractivity contribution in [3.8, 4) is 0 Å². The monoisotopic (exact) mass is 228 g/mol. The van der Waals surface area contributed by atoms with Crippen molar-refractivity contribution >= 4 is 13.9 Å². The van der Waals surface area contributed by atoms with Crippen molar-refractivity contribution in [2.24, 2.45) is 0 Å². The van der Waals surface area contributed by atoms with E-state index in [9.17, 15) is 4.79 Å². The molecule has 0 heterocycles. The molecule has 0 aliphatic heterocycles. The lowest BCUT2D eigenvalue weighted by Crippen LogP contribution is -2.44. The van der Waals surface area contributed by atoms with E-state index in [0.29, 0.717) is 16.4 Å². The lowest BCUT2D eigenvalue weighted by atomic mass is 10.1. The molecule has 0 bridgehead atoms. The van der Waals surface area contributed by atoms with Gasteiger partial charge >= 0.3 is 0 Å². The summed E-state index contributed by atoms with van der Waals surface area (Å²) in [4.78, 5) is 12.0. The maximum Gasteiger partial charge on any atom is 0.133 e. The van der Waals surface area contributed by atoms with Gasteiger partial charge < -0.3 is 0 Å². The van der Waals surface area contributed by atoms with Gasteiger partial charge in [-0.3, -0.25) is 4.79 Å². The average Bonchev–Trinajstić information content (AvgIpc) is 2.10. The fraction of sp³-hybridized carbons (Fsp3) is 0.923. The van der Waals surface area contributed by atoms with Crippen LogP contribution in [0.4, 0.5) is 0 Å². The van der Waals surface area contributed by atoms with Crippen LogP contribution in [0.2, 0.25) is 23.7 Å². The standard InChI is InChI=1S/C13H28OSi/c1-8-9-10-12(14)11(2)15(6,7)13(3,4)5/h11H,8-10H2,1-7H3. The molecule has 0 fully saturated rings. The summed E-state index contributed by atoms with van der Waals surface area (Å²) in [5, 5.41) is 0.314. The average molecular weight is 228 g/mol. The van der Waals surface area contributed by atoms with Gasteiger partial charge in [0, 0.05) is 12.0 Å². The van der Waals surface area contributed by atoms with E-state index in [4.69, 9.17) is 0 Å². The highest BCUT2D eigenvalue weighted by Crippen LogP contribution is 2.44. The highest BCUT2D eigenvalue weighted by Gasteiger charge is 2.42. The number of carbonyl (C=O) groups is 1. The lowest BCUT2D eigenvalue weighted by molar-refractivity contribution is -0.119.